The molecule has 2 unspecified atom stereocenters. The Morgan fingerprint density at radius 3 is 2.44 bits per heavy atom. The summed E-state index contributed by atoms with van der Waals surface area (Å²) in [7, 11) is 0. The van der Waals surface area contributed by atoms with Gasteiger partial charge in [0.05, 0.1) is 6.54 Å². The first-order chi connectivity index (χ1) is 12.1. The van der Waals surface area contributed by atoms with E-state index in [-0.39, 0.29) is 37.0 Å². The number of carbonyl (C=O) groups is 2. The standard InChI is InChI=1S/C19H27N3O3/c20-15-9-13-5-4-6-14(10-15)19(13)22-17(23)11-21-18(24)12-25-16-7-2-1-3-8-16/h1-3,7-8,13-15,19H,4-6,9-12,20H2,(H,21,24)(H,22,23). The molecule has 1 aromatic carbocycles. The van der Waals surface area contributed by atoms with Gasteiger partial charge in [0.25, 0.3) is 5.91 Å². The maximum Gasteiger partial charge on any atom is 0.258 e. The summed E-state index contributed by atoms with van der Waals surface area (Å²) >= 11 is 0. The van der Waals surface area contributed by atoms with Gasteiger partial charge in [0.1, 0.15) is 5.75 Å². The van der Waals surface area contributed by atoms with E-state index < -0.39 is 0 Å². The third-order valence-corrected chi connectivity index (χ3v) is 5.26. The molecule has 2 atom stereocenters. The number of hydrogen-bond acceptors (Lipinski definition) is 4. The minimum absolute atomic E-state index is 0.0149. The van der Waals surface area contributed by atoms with E-state index in [0.717, 1.165) is 25.7 Å². The van der Waals surface area contributed by atoms with Gasteiger partial charge in [0.2, 0.25) is 5.91 Å². The van der Waals surface area contributed by atoms with Gasteiger partial charge in [0.15, 0.2) is 6.61 Å². The Morgan fingerprint density at radius 2 is 1.76 bits per heavy atom. The number of ether oxygens (including phenoxy) is 1. The number of rotatable bonds is 6. The van der Waals surface area contributed by atoms with Crippen LogP contribution in [0.5, 0.6) is 5.75 Å². The van der Waals surface area contributed by atoms with Crippen molar-refractivity contribution in [3.05, 3.63) is 30.3 Å². The van der Waals surface area contributed by atoms with E-state index in [1.165, 1.54) is 6.42 Å². The fraction of sp³-hybridized carbons (Fsp3) is 0.579. The Bertz CT molecular complexity index is 579. The second kappa shape index (κ2) is 8.34. The zero-order valence-electron chi connectivity index (χ0n) is 14.4. The van der Waals surface area contributed by atoms with Crippen molar-refractivity contribution in [3.63, 3.8) is 0 Å². The average Bonchev–Trinajstić information content (AvgIpc) is 2.60. The van der Waals surface area contributed by atoms with Crippen molar-refractivity contribution in [2.24, 2.45) is 17.6 Å². The third kappa shape index (κ3) is 4.95. The molecule has 0 aromatic heterocycles. The van der Waals surface area contributed by atoms with E-state index in [9.17, 15) is 9.59 Å². The Kier molecular flexibility index (Phi) is 5.91. The number of hydrogen-bond donors (Lipinski definition) is 3. The summed E-state index contributed by atoms with van der Waals surface area (Å²) in [5.41, 5.74) is 6.11. The van der Waals surface area contributed by atoms with E-state index in [2.05, 4.69) is 10.6 Å². The monoisotopic (exact) mass is 345 g/mol. The lowest BCUT2D eigenvalue weighted by atomic mass is 9.67. The van der Waals surface area contributed by atoms with Crippen LogP contribution in [0.15, 0.2) is 30.3 Å². The van der Waals surface area contributed by atoms with Gasteiger partial charge in [-0.3, -0.25) is 9.59 Å². The zero-order chi connectivity index (χ0) is 17.6. The van der Waals surface area contributed by atoms with Gasteiger partial charge in [0, 0.05) is 12.1 Å². The number of amides is 2. The van der Waals surface area contributed by atoms with E-state index in [4.69, 9.17) is 10.5 Å². The summed E-state index contributed by atoms with van der Waals surface area (Å²) in [6, 6.07) is 9.60. The van der Waals surface area contributed by atoms with Gasteiger partial charge in [-0.25, -0.2) is 0 Å². The minimum atomic E-state index is -0.301. The third-order valence-electron chi connectivity index (χ3n) is 5.26. The predicted octanol–water partition coefficient (Wildman–Crippen LogP) is 1.20. The van der Waals surface area contributed by atoms with Crippen molar-refractivity contribution in [1.82, 2.24) is 10.6 Å². The van der Waals surface area contributed by atoms with Crippen LogP contribution < -0.4 is 21.1 Å². The molecule has 2 saturated carbocycles. The summed E-state index contributed by atoms with van der Waals surface area (Å²) in [6.45, 7) is -0.111. The van der Waals surface area contributed by atoms with Crippen LogP contribution in [0.1, 0.15) is 32.1 Å². The Hall–Kier alpha value is -2.08. The normalized spacial score (nSPS) is 28.0. The van der Waals surface area contributed by atoms with E-state index in [1.807, 2.05) is 18.2 Å². The van der Waals surface area contributed by atoms with Crippen LogP contribution >= 0.6 is 0 Å². The molecule has 2 fully saturated rings. The zero-order valence-corrected chi connectivity index (χ0v) is 14.4. The van der Waals surface area contributed by atoms with Crippen LogP contribution in [0, 0.1) is 11.8 Å². The number of carbonyl (C=O) groups excluding carboxylic acids is 2. The second-order valence-corrected chi connectivity index (χ2v) is 7.15. The van der Waals surface area contributed by atoms with Crippen LogP contribution in [0.3, 0.4) is 0 Å². The van der Waals surface area contributed by atoms with Gasteiger partial charge in [-0.05, 0) is 49.7 Å². The molecule has 3 rings (SSSR count). The highest BCUT2D eigenvalue weighted by molar-refractivity contribution is 5.85. The molecule has 25 heavy (non-hydrogen) atoms. The first-order valence-corrected chi connectivity index (χ1v) is 9.11. The van der Waals surface area contributed by atoms with E-state index >= 15 is 0 Å². The fourth-order valence-corrected chi connectivity index (χ4v) is 4.16. The molecule has 4 N–H and O–H groups in total. The molecule has 0 saturated heterocycles. The van der Waals surface area contributed by atoms with Crippen LogP contribution in [-0.2, 0) is 9.59 Å². The molecule has 2 amide bonds. The first kappa shape index (κ1) is 17.7. The molecule has 0 radical (unpaired) electrons. The molecule has 6 heteroatoms. The van der Waals surface area contributed by atoms with Crippen molar-refractivity contribution >= 4 is 11.8 Å². The smallest absolute Gasteiger partial charge is 0.258 e. The molecule has 2 aliphatic rings. The molecule has 136 valence electrons. The van der Waals surface area contributed by atoms with E-state index in [1.54, 1.807) is 12.1 Å². The van der Waals surface area contributed by atoms with Crippen molar-refractivity contribution in [2.45, 2.75) is 44.2 Å². The van der Waals surface area contributed by atoms with Gasteiger partial charge in [-0.2, -0.15) is 0 Å². The number of para-hydroxylation sites is 1. The molecule has 6 nitrogen and oxygen atoms in total. The minimum Gasteiger partial charge on any atom is -0.484 e. The highest BCUT2D eigenvalue weighted by atomic mass is 16.5. The largest absolute Gasteiger partial charge is 0.484 e. The number of nitrogens with two attached hydrogens (primary N) is 1. The van der Waals surface area contributed by atoms with Crippen LogP contribution in [-0.4, -0.2) is 37.0 Å². The number of fused-ring (bicyclic) bond motifs is 2. The highest BCUT2D eigenvalue weighted by Gasteiger charge is 2.39. The maximum atomic E-state index is 12.2. The Balaban J connectivity index is 1.40. The van der Waals surface area contributed by atoms with Crippen molar-refractivity contribution in [1.29, 1.82) is 0 Å². The van der Waals surface area contributed by atoms with Crippen LogP contribution in [0.4, 0.5) is 0 Å². The molecular weight excluding hydrogens is 318 g/mol. The van der Waals surface area contributed by atoms with Gasteiger partial charge < -0.3 is 21.1 Å². The average molecular weight is 345 g/mol. The lowest BCUT2D eigenvalue weighted by molar-refractivity contribution is -0.128. The summed E-state index contributed by atoms with van der Waals surface area (Å²) < 4.78 is 5.36. The molecular formula is C19H27N3O3. The summed E-state index contributed by atoms with van der Waals surface area (Å²) in [5.74, 6) is 1.15. The predicted molar refractivity (Wildman–Crippen MR) is 94.9 cm³/mol. The number of nitrogens with one attached hydrogen (secondary N) is 2. The quantitative estimate of drug-likeness (QED) is 0.722. The lowest BCUT2D eigenvalue weighted by Crippen LogP contribution is -2.55. The van der Waals surface area contributed by atoms with Gasteiger partial charge in [-0.1, -0.05) is 24.6 Å². The topological polar surface area (TPSA) is 93.5 Å². The lowest BCUT2D eigenvalue weighted by Gasteiger charge is -2.45. The summed E-state index contributed by atoms with van der Waals surface area (Å²) in [6.07, 6.45) is 5.46. The van der Waals surface area contributed by atoms with Crippen LogP contribution in [0.25, 0.3) is 0 Å². The maximum absolute atomic E-state index is 12.2. The van der Waals surface area contributed by atoms with Crippen LogP contribution in [0.2, 0.25) is 0 Å². The first-order valence-electron chi connectivity index (χ1n) is 9.11. The SMILES string of the molecule is NC1CC2CCCC(C1)C2NC(=O)CNC(=O)COc1ccccc1. The molecule has 0 heterocycles. The second-order valence-electron chi connectivity index (χ2n) is 7.15. The van der Waals surface area contributed by atoms with Crippen molar-refractivity contribution < 1.29 is 14.3 Å². The van der Waals surface area contributed by atoms with Crippen molar-refractivity contribution in [3.8, 4) is 5.75 Å². The molecule has 1 aromatic rings. The van der Waals surface area contributed by atoms with Crippen molar-refractivity contribution in [2.75, 3.05) is 13.2 Å². The Labute approximate surface area is 148 Å². The Morgan fingerprint density at radius 1 is 1.08 bits per heavy atom. The molecule has 2 aliphatic carbocycles. The molecule has 0 aliphatic heterocycles. The molecule has 0 spiro atoms. The van der Waals surface area contributed by atoms with E-state index in [0.29, 0.717) is 17.6 Å². The van der Waals surface area contributed by atoms with Gasteiger partial charge in [-0.15, -0.1) is 0 Å². The summed E-state index contributed by atoms with van der Waals surface area (Å²) in [5, 5.41) is 5.74. The fourth-order valence-electron chi connectivity index (χ4n) is 4.16. The number of benzene rings is 1. The molecule has 2 bridgehead atoms. The van der Waals surface area contributed by atoms with Gasteiger partial charge >= 0.3 is 0 Å². The summed E-state index contributed by atoms with van der Waals surface area (Å²) in [4.78, 5) is 24.0. The highest BCUT2D eigenvalue weighted by Crippen LogP contribution is 2.39.